The molecule has 0 aromatic heterocycles. The second-order valence-corrected chi connectivity index (χ2v) is 7.11. The van der Waals surface area contributed by atoms with Gasteiger partial charge in [0.2, 0.25) is 0 Å². The van der Waals surface area contributed by atoms with E-state index in [-0.39, 0.29) is 10.7 Å². The van der Waals surface area contributed by atoms with Crippen LogP contribution in [0.2, 0.25) is 10.0 Å². The summed E-state index contributed by atoms with van der Waals surface area (Å²) in [4.78, 5) is 9.61. The maximum absolute atomic E-state index is 12.6. The number of anilines is 1. The Balaban J connectivity index is 2.46. The fourth-order valence-electron chi connectivity index (χ4n) is 2.01. The molecule has 0 radical (unpaired) electrons. The molecule has 2 aromatic rings. The van der Waals surface area contributed by atoms with E-state index in [1.807, 2.05) is 0 Å². The van der Waals surface area contributed by atoms with Crippen molar-refractivity contribution >= 4 is 44.6 Å². The van der Waals surface area contributed by atoms with Gasteiger partial charge in [-0.25, -0.2) is 8.42 Å². The van der Waals surface area contributed by atoms with Crippen LogP contribution in [0.5, 0.6) is 0 Å². The number of nitro benzene ring substituents is 1. The van der Waals surface area contributed by atoms with Gasteiger partial charge in [0.25, 0.3) is 15.7 Å². The third kappa shape index (κ3) is 3.96. The van der Waals surface area contributed by atoms with Crippen molar-refractivity contribution in [2.45, 2.75) is 11.5 Å². The molecular weight excluding hydrogens is 379 g/mol. The van der Waals surface area contributed by atoms with E-state index in [0.717, 1.165) is 17.7 Å². The van der Waals surface area contributed by atoms with Crippen LogP contribution >= 0.6 is 23.2 Å². The summed E-state index contributed by atoms with van der Waals surface area (Å²) in [6, 6.07) is 8.65. The molecule has 0 bridgehead atoms. The van der Waals surface area contributed by atoms with Crippen molar-refractivity contribution in [1.29, 1.82) is 0 Å². The Kier molecular flexibility index (Phi) is 5.66. The minimum atomic E-state index is -4.22. The van der Waals surface area contributed by atoms with Gasteiger partial charge < -0.3 is 4.74 Å². The minimum Gasteiger partial charge on any atom is -0.380 e. The Morgan fingerprint density at radius 2 is 1.96 bits per heavy atom. The lowest BCUT2D eigenvalue weighted by Crippen LogP contribution is -2.15. The highest BCUT2D eigenvalue weighted by Crippen LogP contribution is 2.37. The number of rotatable bonds is 6. The number of hydrogen-bond acceptors (Lipinski definition) is 5. The molecule has 1 N–H and O–H groups in total. The summed E-state index contributed by atoms with van der Waals surface area (Å²) in [5.74, 6) is 0. The summed E-state index contributed by atoms with van der Waals surface area (Å²) in [5, 5.41) is 10.2. The number of nitrogens with one attached hydrogen (secondary N) is 1. The first-order valence-corrected chi connectivity index (χ1v) is 8.73. The first-order chi connectivity index (χ1) is 11.3. The number of hydrogen-bond donors (Lipinski definition) is 1. The largest absolute Gasteiger partial charge is 0.380 e. The molecule has 0 aliphatic heterocycles. The van der Waals surface area contributed by atoms with E-state index in [0.29, 0.717) is 6.61 Å². The van der Waals surface area contributed by atoms with Crippen LogP contribution in [-0.4, -0.2) is 20.5 Å². The number of benzene rings is 2. The smallest absolute Gasteiger partial charge is 0.289 e. The van der Waals surface area contributed by atoms with Gasteiger partial charge in [-0.1, -0.05) is 35.3 Å². The van der Waals surface area contributed by atoms with E-state index in [9.17, 15) is 18.5 Å². The predicted octanol–water partition coefficient (Wildman–Crippen LogP) is 3.85. The molecule has 0 atom stereocenters. The van der Waals surface area contributed by atoms with E-state index in [4.69, 9.17) is 27.9 Å². The zero-order chi connectivity index (χ0) is 17.9. The Morgan fingerprint density at radius 1 is 1.25 bits per heavy atom. The highest BCUT2D eigenvalue weighted by Gasteiger charge is 2.28. The number of ether oxygens (including phenoxy) is 1. The molecule has 0 unspecified atom stereocenters. The minimum absolute atomic E-state index is 0.217. The van der Waals surface area contributed by atoms with E-state index >= 15 is 0 Å². The summed E-state index contributed by atoms with van der Waals surface area (Å²) >= 11 is 11.8. The summed E-state index contributed by atoms with van der Waals surface area (Å²) < 4.78 is 32.4. The standard InChI is InChI=1S/C14H12Cl2N2O5S/c1-23-8-9-3-2-4-10(7-9)17-24(21,22)14-11(15)5-6-12(13(14)16)18(19)20/h2-7,17H,8H2,1H3. The second-order valence-electron chi connectivity index (χ2n) is 4.71. The fourth-order valence-corrected chi connectivity index (χ4v) is 4.26. The molecule has 0 aliphatic rings. The van der Waals surface area contributed by atoms with Crippen molar-refractivity contribution in [3.05, 3.63) is 62.1 Å². The van der Waals surface area contributed by atoms with Crippen molar-refractivity contribution in [3.8, 4) is 0 Å². The molecule has 7 nitrogen and oxygen atoms in total. The van der Waals surface area contributed by atoms with E-state index in [2.05, 4.69) is 4.72 Å². The molecule has 10 heteroatoms. The quantitative estimate of drug-likeness (QED) is 0.596. The number of nitrogens with zero attached hydrogens (tertiary/aromatic N) is 1. The fraction of sp³-hybridized carbons (Fsp3) is 0.143. The normalized spacial score (nSPS) is 11.3. The maximum Gasteiger partial charge on any atom is 0.289 e. The number of methoxy groups -OCH3 is 1. The first kappa shape index (κ1) is 18.5. The maximum atomic E-state index is 12.6. The van der Waals surface area contributed by atoms with Gasteiger partial charge in [-0.15, -0.1) is 0 Å². The van der Waals surface area contributed by atoms with Gasteiger partial charge >= 0.3 is 0 Å². The van der Waals surface area contributed by atoms with Crippen LogP contribution < -0.4 is 4.72 Å². The van der Waals surface area contributed by atoms with E-state index < -0.39 is 30.6 Å². The lowest BCUT2D eigenvalue weighted by atomic mass is 10.2. The molecule has 0 spiro atoms. The summed E-state index contributed by atoms with van der Waals surface area (Å²) in [6.07, 6.45) is 0. The molecule has 2 aromatic carbocycles. The second kappa shape index (κ2) is 7.35. The average Bonchev–Trinajstić information content (AvgIpc) is 2.46. The Hall–Kier alpha value is -1.87. The molecule has 0 aliphatic carbocycles. The van der Waals surface area contributed by atoms with Crippen LogP contribution in [-0.2, 0) is 21.4 Å². The van der Waals surface area contributed by atoms with Gasteiger partial charge in [-0.3, -0.25) is 14.8 Å². The monoisotopic (exact) mass is 390 g/mol. The molecular formula is C14H12Cl2N2O5S. The molecule has 0 heterocycles. The zero-order valence-electron chi connectivity index (χ0n) is 12.3. The van der Waals surface area contributed by atoms with Crippen LogP contribution in [0, 0.1) is 10.1 Å². The highest BCUT2D eigenvalue weighted by molar-refractivity contribution is 7.93. The Morgan fingerprint density at radius 3 is 2.58 bits per heavy atom. The van der Waals surface area contributed by atoms with Crippen molar-refractivity contribution < 1.29 is 18.1 Å². The van der Waals surface area contributed by atoms with Gasteiger partial charge in [-0.2, -0.15) is 0 Å². The summed E-state index contributed by atoms with van der Waals surface area (Å²) in [6.45, 7) is 0.299. The van der Waals surface area contributed by atoms with Crippen molar-refractivity contribution in [2.24, 2.45) is 0 Å². The van der Waals surface area contributed by atoms with Crippen molar-refractivity contribution in [3.63, 3.8) is 0 Å². The summed E-state index contributed by atoms with van der Waals surface area (Å²) in [5.41, 5.74) is 0.451. The van der Waals surface area contributed by atoms with Gasteiger partial charge in [0, 0.05) is 18.9 Å². The number of nitro groups is 1. The highest BCUT2D eigenvalue weighted by atomic mass is 35.5. The molecule has 0 fully saturated rings. The lowest BCUT2D eigenvalue weighted by molar-refractivity contribution is -0.384. The van der Waals surface area contributed by atoms with E-state index in [1.165, 1.54) is 13.2 Å². The van der Waals surface area contributed by atoms with Crippen LogP contribution in [0.1, 0.15) is 5.56 Å². The molecule has 24 heavy (non-hydrogen) atoms. The van der Waals surface area contributed by atoms with E-state index in [1.54, 1.807) is 18.2 Å². The molecule has 0 amide bonds. The van der Waals surface area contributed by atoms with Crippen LogP contribution in [0.3, 0.4) is 0 Å². The van der Waals surface area contributed by atoms with Crippen LogP contribution in [0.4, 0.5) is 11.4 Å². The number of halogens is 2. The van der Waals surface area contributed by atoms with Gasteiger partial charge in [0.15, 0.2) is 0 Å². The van der Waals surface area contributed by atoms with Gasteiger partial charge in [0.05, 0.1) is 16.6 Å². The summed E-state index contributed by atoms with van der Waals surface area (Å²) in [7, 11) is -2.71. The average molecular weight is 391 g/mol. The van der Waals surface area contributed by atoms with Gasteiger partial charge in [-0.05, 0) is 23.8 Å². The van der Waals surface area contributed by atoms with Crippen molar-refractivity contribution in [1.82, 2.24) is 0 Å². The zero-order valence-corrected chi connectivity index (χ0v) is 14.7. The molecule has 128 valence electrons. The third-order valence-electron chi connectivity index (χ3n) is 2.98. The Bertz CT molecular complexity index is 887. The topological polar surface area (TPSA) is 98.5 Å². The van der Waals surface area contributed by atoms with Crippen LogP contribution in [0.25, 0.3) is 0 Å². The predicted molar refractivity (Wildman–Crippen MR) is 91.1 cm³/mol. The first-order valence-electron chi connectivity index (χ1n) is 6.49. The molecule has 2 rings (SSSR count). The Labute approximate surface area is 148 Å². The number of sulfonamides is 1. The molecule has 0 saturated carbocycles. The SMILES string of the molecule is COCc1cccc(NS(=O)(=O)c2c(Cl)ccc([N+](=O)[O-])c2Cl)c1. The lowest BCUT2D eigenvalue weighted by Gasteiger charge is -2.12. The van der Waals surface area contributed by atoms with Gasteiger partial charge in [0.1, 0.15) is 9.92 Å². The molecule has 0 saturated heterocycles. The van der Waals surface area contributed by atoms with Crippen LogP contribution in [0.15, 0.2) is 41.3 Å². The van der Waals surface area contributed by atoms with Crippen molar-refractivity contribution in [2.75, 3.05) is 11.8 Å². The third-order valence-corrected chi connectivity index (χ3v) is 5.37.